The smallest absolute Gasteiger partial charge is 0.164 e. The van der Waals surface area contributed by atoms with Gasteiger partial charge in [-0.25, -0.2) is 15.0 Å². The first kappa shape index (κ1) is 30.8. The molecule has 5 heteroatoms. The summed E-state index contributed by atoms with van der Waals surface area (Å²) >= 11 is 0. The molecule has 3 heterocycles. The molecular weight excluding hydrogens is 685 g/mol. The van der Waals surface area contributed by atoms with Crippen molar-refractivity contribution in [1.29, 1.82) is 0 Å². The molecule has 0 amide bonds. The van der Waals surface area contributed by atoms with Crippen LogP contribution in [0.2, 0.25) is 0 Å². The number of para-hydroxylation sites is 2. The van der Waals surface area contributed by atoms with Crippen molar-refractivity contribution in [3.63, 3.8) is 0 Å². The van der Waals surface area contributed by atoms with Crippen LogP contribution < -0.4 is 0 Å². The first-order valence-corrected chi connectivity index (χ1v) is 18.9. The van der Waals surface area contributed by atoms with Crippen LogP contribution in [0.25, 0.3) is 116 Å². The van der Waals surface area contributed by atoms with Crippen molar-refractivity contribution in [3.8, 4) is 39.9 Å². The highest BCUT2D eigenvalue weighted by Crippen LogP contribution is 2.44. The summed E-state index contributed by atoms with van der Waals surface area (Å²) in [5, 5.41) is 11.6. The molecule has 0 bridgehead atoms. The lowest BCUT2D eigenvalue weighted by atomic mass is 9.91. The highest BCUT2D eigenvalue weighted by molar-refractivity contribution is 6.28. The van der Waals surface area contributed by atoms with E-state index >= 15 is 0 Å². The Labute approximate surface area is 320 Å². The molecule has 0 unspecified atom stereocenters. The van der Waals surface area contributed by atoms with E-state index in [2.05, 4.69) is 138 Å². The highest BCUT2D eigenvalue weighted by atomic mass is 16.3. The average Bonchev–Trinajstić information content (AvgIpc) is 3.80. The van der Waals surface area contributed by atoms with Crippen LogP contribution in [0, 0.1) is 0 Å². The quantitative estimate of drug-likeness (QED) is 0.170. The Kier molecular flexibility index (Phi) is 6.56. The van der Waals surface area contributed by atoms with Gasteiger partial charge in [-0.15, -0.1) is 0 Å². The van der Waals surface area contributed by atoms with Gasteiger partial charge in [0, 0.05) is 43.6 Å². The van der Waals surface area contributed by atoms with Crippen LogP contribution in [-0.4, -0.2) is 19.5 Å². The Morgan fingerprint density at radius 1 is 0.321 bits per heavy atom. The van der Waals surface area contributed by atoms with Gasteiger partial charge in [0.1, 0.15) is 11.2 Å². The van der Waals surface area contributed by atoms with Crippen LogP contribution in [0.5, 0.6) is 0 Å². The molecule has 0 radical (unpaired) electrons. The minimum atomic E-state index is 0.613. The molecule has 5 nitrogen and oxygen atoms in total. The highest BCUT2D eigenvalue weighted by Gasteiger charge is 2.22. The van der Waals surface area contributed by atoms with Crippen molar-refractivity contribution < 1.29 is 4.42 Å². The zero-order valence-corrected chi connectivity index (χ0v) is 30.0. The summed E-state index contributed by atoms with van der Waals surface area (Å²) in [6, 6.07) is 63.9. The molecule has 0 atom stereocenters. The number of hydrogen-bond donors (Lipinski definition) is 0. The van der Waals surface area contributed by atoms with Gasteiger partial charge < -0.3 is 8.98 Å². The topological polar surface area (TPSA) is 56.7 Å². The number of benzene rings is 9. The van der Waals surface area contributed by atoms with Gasteiger partial charge in [0.05, 0.1) is 16.7 Å². The Morgan fingerprint density at radius 2 is 0.839 bits per heavy atom. The minimum Gasteiger partial charge on any atom is -0.456 e. The Bertz CT molecular complexity index is 3470. The summed E-state index contributed by atoms with van der Waals surface area (Å²) in [4.78, 5) is 15.5. The van der Waals surface area contributed by atoms with Crippen LogP contribution in [0.3, 0.4) is 0 Å². The summed E-state index contributed by atoms with van der Waals surface area (Å²) in [7, 11) is 0. The van der Waals surface area contributed by atoms with Gasteiger partial charge in [0.25, 0.3) is 0 Å². The third-order valence-corrected chi connectivity index (χ3v) is 11.2. The van der Waals surface area contributed by atoms with Crippen LogP contribution in [0.15, 0.2) is 186 Å². The zero-order chi connectivity index (χ0) is 36.7. The summed E-state index contributed by atoms with van der Waals surface area (Å²) in [6.07, 6.45) is 0. The molecule has 0 spiro atoms. The van der Waals surface area contributed by atoms with Gasteiger partial charge in [-0.2, -0.15) is 0 Å². The van der Waals surface area contributed by atoms with Gasteiger partial charge >= 0.3 is 0 Å². The Hall–Kier alpha value is -7.63. The van der Waals surface area contributed by atoms with E-state index in [-0.39, 0.29) is 0 Å². The van der Waals surface area contributed by atoms with E-state index < -0.39 is 0 Å². The average molecular weight is 715 g/mol. The van der Waals surface area contributed by atoms with Gasteiger partial charge in [0.15, 0.2) is 17.5 Å². The van der Waals surface area contributed by atoms with Crippen molar-refractivity contribution in [2.45, 2.75) is 0 Å². The second kappa shape index (κ2) is 11.9. The van der Waals surface area contributed by atoms with E-state index in [0.717, 1.165) is 71.5 Å². The maximum Gasteiger partial charge on any atom is 0.164 e. The number of aromatic nitrogens is 4. The standard InChI is InChI=1S/C51H30N4O/c1-3-15-31(16-4-1)49-52-50(32-17-5-2-6-18-32)54-51(53-49)33-27-42-36-21-8-7-19-34(36)35-20-9-10-24-39(35)48(42)45(28-33)55-43-25-13-11-22-37(43)40-30-47-41(29-44(40)55)38-23-12-14-26-46(38)56-47/h1-30H. The third-order valence-electron chi connectivity index (χ3n) is 11.2. The van der Waals surface area contributed by atoms with Crippen LogP contribution >= 0.6 is 0 Å². The molecule has 0 aliphatic carbocycles. The molecule has 260 valence electrons. The van der Waals surface area contributed by atoms with Crippen molar-refractivity contribution in [2.75, 3.05) is 0 Å². The molecule has 0 saturated carbocycles. The van der Waals surface area contributed by atoms with Gasteiger partial charge in [-0.3, -0.25) is 0 Å². The largest absolute Gasteiger partial charge is 0.456 e. The molecule has 56 heavy (non-hydrogen) atoms. The molecule has 0 fully saturated rings. The number of rotatable bonds is 4. The number of nitrogens with zero attached hydrogens (tertiary/aromatic N) is 4. The summed E-state index contributed by atoms with van der Waals surface area (Å²) in [5.41, 5.74) is 7.81. The fraction of sp³-hybridized carbons (Fsp3) is 0. The normalized spacial score (nSPS) is 11.9. The predicted octanol–water partition coefficient (Wildman–Crippen LogP) is 13.3. The van der Waals surface area contributed by atoms with Gasteiger partial charge in [0.2, 0.25) is 0 Å². The Morgan fingerprint density at radius 3 is 1.52 bits per heavy atom. The monoisotopic (exact) mass is 714 g/mol. The van der Waals surface area contributed by atoms with Crippen molar-refractivity contribution in [3.05, 3.63) is 182 Å². The maximum atomic E-state index is 6.44. The molecule has 0 saturated heterocycles. The second-order valence-electron chi connectivity index (χ2n) is 14.4. The second-order valence-corrected chi connectivity index (χ2v) is 14.4. The SMILES string of the molecule is c1ccc(-c2nc(-c3ccccc3)nc(-c3cc(-n4c5ccccc5c5cc6oc7ccccc7c6cc54)c4c5ccccc5c5ccccc5c4c3)n2)cc1. The van der Waals surface area contributed by atoms with E-state index in [1.807, 2.05) is 48.5 Å². The van der Waals surface area contributed by atoms with Gasteiger partial charge in [-0.05, 0) is 63.3 Å². The first-order chi connectivity index (χ1) is 27.8. The fourth-order valence-electron chi connectivity index (χ4n) is 8.70. The summed E-state index contributed by atoms with van der Waals surface area (Å²) in [6.45, 7) is 0. The predicted molar refractivity (Wildman–Crippen MR) is 230 cm³/mol. The summed E-state index contributed by atoms with van der Waals surface area (Å²) in [5.74, 6) is 1.87. The molecule has 12 aromatic rings. The lowest BCUT2D eigenvalue weighted by molar-refractivity contribution is 0.669. The first-order valence-electron chi connectivity index (χ1n) is 18.9. The lowest BCUT2D eigenvalue weighted by Crippen LogP contribution is -2.02. The van der Waals surface area contributed by atoms with Crippen molar-refractivity contribution in [2.24, 2.45) is 0 Å². The third kappa shape index (κ3) is 4.58. The van der Waals surface area contributed by atoms with E-state index in [0.29, 0.717) is 17.5 Å². The van der Waals surface area contributed by atoms with Crippen LogP contribution in [0.1, 0.15) is 0 Å². The number of hydrogen-bond acceptors (Lipinski definition) is 4. The zero-order valence-electron chi connectivity index (χ0n) is 30.0. The van der Waals surface area contributed by atoms with Crippen molar-refractivity contribution in [1.82, 2.24) is 19.5 Å². The molecular formula is C51H30N4O. The molecule has 9 aromatic carbocycles. The molecule has 12 rings (SSSR count). The lowest BCUT2D eigenvalue weighted by Gasteiger charge is -2.18. The fourth-order valence-corrected chi connectivity index (χ4v) is 8.70. The van der Waals surface area contributed by atoms with E-state index in [4.69, 9.17) is 19.4 Å². The number of furan rings is 1. The van der Waals surface area contributed by atoms with E-state index in [9.17, 15) is 0 Å². The minimum absolute atomic E-state index is 0.613. The van der Waals surface area contributed by atoms with Crippen LogP contribution in [0.4, 0.5) is 0 Å². The number of fused-ring (bicyclic) bond motifs is 12. The van der Waals surface area contributed by atoms with Crippen molar-refractivity contribution >= 4 is 76.1 Å². The van der Waals surface area contributed by atoms with E-state index in [1.54, 1.807) is 0 Å². The van der Waals surface area contributed by atoms with Gasteiger partial charge in [-0.1, -0.05) is 146 Å². The Balaban J connectivity index is 1.26. The molecule has 0 N–H and O–H groups in total. The molecule has 3 aromatic heterocycles. The summed E-state index contributed by atoms with van der Waals surface area (Å²) < 4.78 is 8.88. The maximum absolute atomic E-state index is 6.44. The molecule has 0 aliphatic rings. The van der Waals surface area contributed by atoms with E-state index in [1.165, 1.54) is 26.9 Å². The van der Waals surface area contributed by atoms with Crippen LogP contribution in [-0.2, 0) is 0 Å². The molecule has 0 aliphatic heterocycles.